The Labute approximate surface area is 339 Å². The number of nitrogens with one attached hydrogen (secondary N) is 2. The third kappa shape index (κ3) is 4.84. The third-order valence-corrected chi connectivity index (χ3v) is 12.7. The quantitative estimate of drug-likeness (QED) is 0.175. The zero-order chi connectivity index (χ0) is 38.9. The van der Waals surface area contributed by atoms with Crippen LogP contribution in [0.15, 0.2) is 164 Å². The van der Waals surface area contributed by atoms with E-state index in [4.69, 9.17) is 9.97 Å². The Hall–Kier alpha value is -7.56. The third-order valence-electron chi connectivity index (χ3n) is 12.7. The van der Waals surface area contributed by atoms with E-state index in [0.29, 0.717) is 0 Å². The van der Waals surface area contributed by atoms with E-state index < -0.39 is 0 Å². The van der Waals surface area contributed by atoms with Gasteiger partial charge in [0.1, 0.15) is 0 Å². The molecular weight excluding hydrogens is 717 g/mol. The molecule has 276 valence electrons. The molecule has 0 spiro atoms. The van der Waals surface area contributed by atoms with Crippen LogP contribution in [0.25, 0.3) is 132 Å². The van der Waals surface area contributed by atoms with Gasteiger partial charge >= 0.3 is 0 Å². The number of hydrogen-bond acceptors (Lipinski definition) is 2. The minimum Gasteiger partial charge on any atom is -0.354 e. The molecule has 59 heavy (non-hydrogen) atoms. The zero-order valence-electron chi connectivity index (χ0n) is 32.6. The van der Waals surface area contributed by atoms with Crippen LogP contribution in [-0.2, 0) is 0 Å². The molecule has 2 aliphatic rings. The Kier molecular flexibility index (Phi) is 6.60. The summed E-state index contributed by atoms with van der Waals surface area (Å²) in [6.45, 7) is 4.59. The molecule has 3 aromatic heterocycles. The maximum absolute atomic E-state index is 5.67. The highest BCUT2D eigenvalue weighted by Crippen LogP contribution is 2.46. The van der Waals surface area contributed by atoms with Gasteiger partial charge in [0.05, 0.1) is 28.3 Å². The number of H-pyrrole nitrogens is 2. The Morgan fingerprint density at radius 2 is 0.695 bits per heavy atom. The van der Waals surface area contributed by atoms with Gasteiger partial charge in [-0.3, -0.25) is 0 Å². The average molecular weight is 753 g/mol. The molecule has 2 aliphatic heterocycles. The van der Waals surface area contributed by atoms with Crippen LogP contribution in [0.5, 0.6) is 0 Å². The van der Waals surface area contributed by atoms with E-state index in [1.54, 1.807) is 0 Å². The first-order chi connectivity index (χ1) is 29.0. The second-order valence-corrected chi connectivity index (χ2v) is 16.6. The lowest BCUT2D eigenvalue weighted by atomic mass is 9.92. The first kappa shape index (κ1) is 32.5. The number of aromatic amines is 2. The Balaban J connectivity index is 1.27. The van der Waals surface area contributed by atoms with Gasteiger partial charge in [-0.15, -0.1) is 0 Å². The topological polar surface area (TPSA) is 57.4 Å². The van der Waals surface area contributed by atoms with E-state index in [-0.39, 0.29) is 5.92 Å². The number of nitrogens with zero attached hydrogens (tertiary/aromatic N) is 2. The smallest absolute Gasteiger partial charge is 0.0772 e. The van der Waals surface area contributed by atoms with Crippen LogP contribution in [0.2, 0.25) is 0 Å². The van der Waals surface area contributed by atoms with Crippen molar-refractivity contribution in [2.75, 3.05) is 0 Å². The van der Waals surface area contributed by atoms with Crippen molar-refractivity contribution in [3.63, 3.8) is 0 Å². The van der Waals surface area contributed by atoms with Crippen LogP contribution in [0.4, 0.5) is 0 Å². The van der Waals surface area contributed by atoms with Crippen molar-refractivity contribution in [2.45, 2.75) is 19.8 Å². The molecule has 5 heterocycles. The lowest BCUT2D eigenvalue weighted by Crippen LogP contribution is -1.93. The normalized spacial score (nSPS) is 12.4. The Morgan fingerprint density at radius 3 is 1.14 bits per heavy atom. The van der Waals surface area contributed by atoms with Gasteiger partial charge in [0.15, 0.2) is 0 Å². The number of aromatic nitrogens is 4. The van der Waals surface area contributed by atoms with Crippen molar-refractivity contribution in [2.24, 2.45) is 0 Å². The summed E-state index contributed by atoms with van der Waals surface area (Å²) in [6, 6.07) is 60.0. The van der Waals surface area contributed by atoms with Gasteiger partial charge in [-0.25, -0.2) is 9.97 Å². The average Bonchev–Trinajstić information content (AvgIpc) is 3.98. The van der Waals surface area contributed by atoms with Crippen LogP contribution in [0.3, 0.4) is 0 Å². The standard InChI is InChI=1S/C55H36N4/c1-30(2)53-54-45-25-37-17-9-7-15-35(37)23-43(45)51(58-54)28-49-41-21-33-13-5-3-11-31(33)19-39(41)47(56-49)27-48-40-20-32-12-4-6-14-34(32)22-42(40)50(57-48)29-52-44-24-36-16-8-10-18-38(36)26-46(44)55(53)59-52/h3-30,56,59H,1-2H3. The molecule has 2 N–H and O–H groups in total. The molecule has 0 amide bonds. The van der Waals surface area contributed by atoms with Gasteiger partial charge in [0.25, 0.3) is 0 Å². The van der Waals surface area contributed by atoms with Crippen LogP contribution < -0.4 is 0 Å². The summed E-state index contributed by atoms with van der Waals surface area (Å²) < 4.78 is 0. The van der Waals surface area contributed by atoms with Gasteiger partial charge in [0.2, 0.25) is 0 Å². The number of fused-ring (bicyclic) bond motifs is 24. The van der Waals surface area contributed by atoms with Crippen molar-refractivity contribution < 1.29 is 0 Å². The van der Waals surface area contributed by atoms with Gasteiger partial charge in [-0.05, 0) is 116 Å². The van der Waals surface area contributed by atoms with E-state index in [1.807, 2.05) is 0 Å². The van der Waals surface area contributed by atoms with Crippen molar-refractivity contribution in [3.05, 3.63) is 169 Å². The second kappa shape index (κ2) is 12.0. The van der Waals surface area contributed by atoms with Gasteiger partial charge < -0.3 is 9.97 Å². The van der Waals surface area contributed by atoms with Crippen molar-refractivity contribution >= 4 is 86.7 Å². The molecule has 4 nitrogen and oxygen atoms in total. The lowest BCUT2D eigenvalue weighted by molar-refractivity contribution is 0.872. The maximum atomic E-state index is 5.67. The molecule has 0 unspecified atom stereocenters. The molecule has 11 aromatic rings. The van der Waals surface area contributed by atoms with Gasteiger partial charge in [-0.2, -0.15) is 0 Å². The highest BCUT2D eigenvalue weighted by Gasteiger charge is 2.25. The van der Waals surface area contributed by atoms with Gasteiger partial charge in [0, 0.05) is 65.9 Å². The summed E-state index contributed by atoms with van der Waals surface area (Å²) in [5.41, 5.74) is 13.8. The minimum absolute atomic E-state index is 0.155. The van der Waals surface area contributed by atoms with Crippen LogP contribution in [-0.4, -0.2) is 19.9 Å². The predicted molar refractivity (Wildman–Crippen MR) is 249 cm³/mol. The molecule has 4 heteroatoms. The zero-order valence-corrected chi connectivity index (χ0v) is 32.6. The Bertz CT molecular complexity index is 3830. The lowest BCUT2D eigenvalue weighted by Gasteiger charge is -2.11. The van der Waals surface area contributed by atoms with Crippen LogP contribution in [0.1, 0.15) is 25.3 Å². The summed E-state index contributed by atoms with van der Waals surface area (Å²) in [5.74, 6) is 0.155. The minimum atomic E-state index is 0.155. The first-order valence-electron chi connectivity index (χ1n) is 20.5. The SMILES string of the molecule is CC(C)c1c2nc(cc3[nH]c(cc4nc(cc5[nH]c1c1cc6ccccc6cc51)-c1cc5ccccc5cc1-4)c1cc4ccccc4cc31)-c1cc3ccccc3cc1-2. The van der Waals surface area contributed by atoms with Crippen LogP contribution in [0, 0.1) is 0 Å². The second-order valence-electron chi connectivity index (χ2n) is 16.6. The summed E-state index contributed by atoms with van der Waals surface area (Å²) in [7, 11) is 0. The maximum Gasteiger partial charge on any atom is 0.0772 e. The van der Waals surface area contributed by atoms with E-state index in [1.165, 1.54) is 59.4 Å². The summed E-state index contributed by atoms with van der Waals surface area (Å²) in [4.78, 5) is 19.1. The number of rotatable bonds is 1. The molecule has 0 saturated heterocycles. The van der Waals surface area contributed by atoms with Crippen molar-refractivity contribution in [3.8, 4) is 45.0 Å². The van der Waals surface area contributed by atoms with Gasteiger partial charge in [-0.1, -0.05) is 111 Å². The fourth-order valence-electron chi connectivity index (χ4n) is 9.89. The highest BCUT2D eigenvalue weighted by atomic mass is 14.8. The largest absolute Gasteiger partial charge is 0.354 e. The number of hydrogen-bond donors (Lipinski definition) is 2. The summed E-state index contributed by atoms with van der Waals surface area (Å²) in [6.07, 6.45) is 0. The molecule has 0 aliphatic carbocycles. The predicted octanol–water partition coefficient (Wildman–Crippen LogP) is 15.0. The fourth-order valence-corrected chi connectivity index (χ4v) is 9.89. The summed E-state index contributed by atoms with van der Waals surface area (Å²) in [5, 5.41) is 14.3. The molecule has 0 radical (unpaired) electrons. The highest BCUT2D eigenvalue weighted by molar-refractivity contribution is 6.16. The summed E-state index contributed by atoms with van der Waals surface area (Å²) >= 11 is 0. The molecule has 13 rings (SSSR count). The van der Waals surface area contributed by atoms with E-state index in [9.17, 15) is 0 Å². The monoisotopic (exact) mass is 752 g/mol. The molecule has 8 aromatic carbocycles. The molecular formula is C55H36N4. The van der Waals surface area contributed by atoms with Crippen molar-refractivity contribution in [1.82, 2.24) is 19.9 Å². The van der Waals surface area contributed by atoms with E-state index >= 15 is 0 Å². The molecule has 8 bridgehead atoms. The molecule has 0 fully saturated rings. The first-order valence-corrected chi connectivity index (χ1v) is 20.5. The molecule has 0 atom stereocenters. The molecule has 0 saturated carbocycles. The Morgan fingerprint density at radius 1 is 0.356 bits per heavy atom. The van der Waals surface area contributed by atoms with E-state index in [2.05, 4.69) is 188 Å². The van der Waals surface area contributed by atoms with Crippen molar-refractivity contribution in [1.29, 1.82) is 0 Å². The number of benzene rings is 8. The van der Waals surface area contributed by atoms with Crippen LogP contribution >= 0.6 is 0 Å². The van der Waals surface area contributed by atoms with E-state index in [0.717, 1.165) is 77.9 Å². The fraction of sp³-hybridized carbons (Fsp3) is 0.0545.